The molecule has 2 aromatic carbocycles. The summed E-state index contributed by atoms with van der Waals surface area (Å²) >= 11 is 0. The van der Waals surface area contributed by atoms with E-state index in [1.54, 1.807) is 6.07 Å². The second-order valence-corrected chi connectivity index (χ2v) is 6.35. The minimum absolute atomic E-state index is 0.200. The zero-order chi connectivity index (χ0) is 16.3. The van der Waals surface area contributed by atoms with Crippen LogP contribution in [0.3, 0.4) is 0 Å². The molecule has 4 aromatic rings. The molecule has 2 nitrogen and oxygen atoms in total. The van der Waals surface area contributed by atoms with Gasteiger partial charge in [-0.25, -0.2) is 4.39 Å². The lowest BCUT2D eigenvalue weighted by molar-refractivity contribution is 0.630. The number of nitrogens with zero attached hydrogens (tertiary/aromatic N) is 1. The minimum atomic E-state index is -0.200. The Morgan fingerprint density at radius 2 is 1.61 bits per heavy atom. The van der Waals surface area contributed by atoms with Crippen molar-refractivity contribution in [2.75, 3.05) is 0 Å². The molecule has 4 rings (SSSR count). The molecule has 2 heterocycles. The Morgan fingerprint density at radius 3 is 2.30 bits per heavy atom. The van der Waals surface area contributed by atoms with Gasteiger partial charge in [0.1, 0.15) is 5.82 Å². The number of aromatic nitrogens is 2. The Kier molecular flexibility index (Phi) is 2.89. The third kappa shape index (κ3) is 1.93. The van der Waals surface area contributed by atoms with Crippen molar-refractivity contribution < 1.29 is 4.39 Å². The van der Waals surface area contributed by atoms with Gasteiger partial charge in [-0.2, -0.15) is 0 Å². The molecule has 0 saturated carbocycles. The first kappa shape index (κ1) is 14.1. The number of rotatable bonds is 1. The van der Waals surface area contributed by atoms with Crippen molar-refractivity contribution in [2.45, 2.75) is 27.7 Å². The van der Waals surface area contributed by atoms with Crippen molar-refractivity contribution in [3.05, 3.63) is 64.7 Å². The Balaban J connectivity index is 2.18. The van der Waals surface area contributed by atoms with Crippen molar-refractivity contribution in [1.82, 2.24) is 9.55 Å². The fraction of sp³-hybridized carbons (Fsp3) is 0.200. The molecular weight excluding hydrogens is 287 g/mol. The topological polar surface area (TPSA) is 20.7 Å². The summed E-state index contributed by atoms with van der Waals surface area (Å²) in [5.41, 5.74) is 7.99. The second kappa shape index (κ2) is 4.72. The molecule has 0 aliphatic heterocycles. The standard InChI is InChI=1S/C20H19FN2/c1-11-9-18(23-12(2)5-6-13(23)3)14(4)19-16-10-15(21)7-8-17(16)22-20(11)19/h5-10,22H,1-4H3. The van der Waals surface area contributed by atoms with Crippen LogP contribution in [0.2, 0.25) is 0 Å². The Morgan fingerprint density at radius 1 is 0.913 bits per heavy atom. The highest BCUT2D eigenvalue weighted by Crippen LogP contribution is 2.35. The van der Waals surface area contributed by atoms with E-state index in [0.29, 0.717) is 0 Å². The summed E-state index contributed by atoms with van der Waals surface area (Å²) in [4.78, 5) is 3.44. The van der Waals surface area contributed by atoms with Crippen LogP contribution in [0.15, 0.2) is 36.4 Å². The average Bonchev–Trinajstić information content (AvgIpc) is 3.04. The van der Waals surface area contributed by atoms with Crippen LogP contribution in [0.4, 0.5) is 4.39 Å². The number of aryl methyl sites for hydroxylation is 4. The number of halogens is 1. The predicted octanol–water partition coefficient (Wildman–Crippen LogP) is 5.48. The highest BCUT2D eigenvalue weighted by atomic mass is 19.1. The molecule has 23 heavy (non-hydrogen) atoms. The molecule has 1 N–H and O–H groups in total. The molecule has 0 radical (unpaired) electrons. The first-order valence-corrected chi connectivity index (χ1v) is 7.84. The fourth-order valence-electron chi connectivity index (χ4n) is 3.64. The quantitative estimate of drug-likeness (QED) is 0.480. The number of aromatic amines is 1. The molecule has 0 fully saturated rings. The van der Waals surface area contributed by atoms with Crippen molar-refractivity contribution >= 4 is 21.8 Å². The van der Waals surface area contributed by atoms with E-state index in [4.69, 9.17) is 0 Å². The van der Waals surface area contributed by atoms with Crippen LogP contribution in [0, 0.1) is 33.5 Å². The van der Waals surface area contributed by atoms with E-state index >= 15 is 0 Å². The summed E-state index contributed by atoms with van der Waals surface area (Å²) in [7, 11) is 0. The van der Waals surface area contributed by atoms with E-state index in [9.17, 15) is 4.39 Å². The number of hydrogen-bond acceptors (Lipinski definition) is 0. The van der Waals surface area contributed by atoms with Gasteiger partial charge in [0, 0.05) is 38.9 Å². The van der Waals surface area contributed by atoms with Gasteiger partial charge in [-0.15, -0.1) is 0 Å². The molecule has 0 aliphatic carbocycles. The lowest BCUT2D eigenvalue weighted by atomic mass is 10.0. The van der Waals surface area contributed by atoms with Gasteiger partial charge >= 0.3 is 0 Å². The minimum Gasteiger partial charge on any atom is -0.354 e. The van der Waals surface area contributed by atoms with Gasteiger partial charge in [0.2, 0.25) is 0 Å². The van der Waals surface area contributed by atoms with Crippen LogP contribution in [0.1, 0.15) is 22.5 Å². The van der Waals surface area contributed by atoms with E-state index in [-0.39, 0.29) is 5.82 Å². The molecule has 0 saturated heterocycles. The van der Waals surface area contributed by atoms with Gasteiger partial charge < -0.3 is 9.55 Å². The van der Waals surface area contributed by atoms with Gasteiger partial charge in [0.15, 0.2) is 0 Å². The van der Waals surface area contributed by atoms with E-state index in [1.165, 1.54) is 34.3 Å². The number of hydrogen-bond donors (Lipinski definition) is 1. The number of benzene rings is 2. The van der Waals surface area contributed by atoms with Crippen LogP contribution in [0.25, 0.3) is 27.5 Å². The maximum absolute atomic E-state index is 13.8. The first-order chi connectivity index (χ1) is 11.0. The molecule has 0 unspecified atom stereocenters. The van der Waals surface area contributed by atoms with Crippen LogP contribution in [-0.4, -0.2) is 9.55 Å². The van der Waals surface area contributed by atoms with Gasteiger partial charge in [-0.1, -0.05) is 0 Å². The predicted molar refractivity (Wildman–Crippen MR) is 94.0 cm³/mol. The Bertz CT molecular complexity index is 1050. The van der Waals surface area contributed by atoms with Gasteiger partial charge in [-0.3, -0.25) is 0 Å². The number of H-pyrrole nitrogens is 1. The third-order valence-electron chi connectivity index (χ3n) is 4.78. The Labute approximate surface area is 134 Å². The summed E-state index contributed by atoms with van der Waals surface area (Å²) in [6, 6.07) is 11.4. The number of nitrogens with one attached hydrogen (secondary N) is 1. The van der Waals surface area contributed by atoms with E-state index in [1.807, 2.05) is 6.07 Å². The third-order valence-corrected chi connectivity index (χ3v) is 4.78. The molecular formula is C20H19FN2. The number of fused-ring (bicyclic) bond motifs is 3. The molecule has 0 atom stereocenters. The molecule has 116 valence electrons. The summed E-state index contributed by atoms with van der Waals surface area (Å²) in [6.45, 7) is 8.45. The van der Waals surface area contributed by atoms with Crippen LogP contribution >= 0.6 is 0 Å². The summed E-state index contributed by atoms with van der Waals surface area (Å²) in [5, 5.41) is 2.06. The van der Waals surface area contributed by atoms with Gasteiger partial charge in [-0.05, 0) is 75.2 Å². The zero-order valence-electron chi connectivity index (χ0n) is 13.8. The van der Waals surface area contributed by atoms with E-state index in [0.717, 1.165) is 21.8 Å². The smallest absolute Gasteiger partial charge is 0.123 e. The summed E-state index contributed by atoms with van der Waals surface area (Å²) in [6.07, 6.45) is 0. The van der Waals surface area contributed by atoms with Crippen molar-refractivity contribution in [3.63, 3.8) is 0 Å². The average molecular weight is 306 g/mol. The van der Waals surface area contributed by atoms with Crippen LogP contribution in [-0.2, 0) is 0 Å². The fourth-order valence-corrected chi connectivity index (χ4v) is 3.64. The van der Waals surface area contributed by atoms with Crippen LogP contribution < -0.4 is 0 Å². The normalized spacial score (nSPS) is 11.7. The van der Waals surface area contributed by atoms with E-state index in [2.05, 4.69) is 55.4 Å². The van der Waals surface area contributed by atoms with E-state index < -0.39 is 0 Å². The zero-order valence-corrected chi connectivity index (χ0v) is 13.8. The molecule has 0 amide bonds. The van der Waals surface area contributed by atoms with Crippen molar-refractivity contribution in [3.8, 4) is 5.69 Å². The molecule has 2 aromatic heterocycles. The lowest BCUT2D eigenvalue weighted by Gasteiger charge is -2.15. The largest absolute Gasteiger partial charge is 0.354 e. The highest BCUT2D eigenvalue weighted by molar-refractivity contribution is 6.11. The molecule has 0 bridgehead atoms. The Hall–Kier alpha value is -2.55. The monoisotopic (exact) mass is 306 g/mol. The van der Waals surface area contributed by atoms with Gasteiger partial charge in [0.25, 0.3) is 0 Å². The molecule has 0 aliphatic rings. The highest BCUT2D eigenvalue weighted by Gasteiger charge is 2.15. The first-order valence-electron chi connectivity index (χ1n) is 7.84. The summed E-state index contributed by atoms with van der Waals surface area (Å²) in [5.74, 6) is -0.200. The van der Waals surface area contributed by atoms with Crippen molar-refractivity contribution in [1.29, 1.82) is 0 Å². The maximum Gasteiger partial charge on any atom is 0.123 e. The van der Waals surface area contributed by atoms with Gasteiger partial charge in [0.05, 0.1) is 0 Å². The molecule has 3 heteroatoms. The molecule has 0 spiro atoms. The maximum atomic E-state index is 13.8. The summed E-state index contributed by atoms with van der Waals surface area (Å²) < 4.78 is 16.0. The second-order valence-electron chi connectivity index (χ2n) is 6.35. The van der Waals surface area contributed by atoms with Crippen LogP contribution in [0.5, 0.6) is 0 Å². The SMILES string of the molecule is Cc1cc(-n2c(C)ccc2C)c(C)c2c1[nH]c1ccc(F)cc12. The van der Waals surface area contributed by atoms with Crippen molar-refractivity contribution in [2.24, 2.45) is 0 Å². The lowest BCUT2D eigenvalue weighted by Crippen LogP contribution is -2.02.